The van der Waals surface area contributed by atoms with Crippen molar-refractivity contribution >= 4 is 18.3 Å². The third-order valence-electron chi connectivity index (χ3n) is 4.02. The Kier molecular flexibility index (Phi) is 5.91. The second-order valence-electron chi connectivity index (χ2n) is 5.60. The van der Waals surface area contributed by atoms with E-state index in [-0.39, 0.29) is 24.2 Å². The first-order chi connectivity index (χ1) is 10.3. The van der Waals surface area contributed by atoms with Gasteiger partial charge in [0, 0.05) is 12.5 Å². The number of carbonyl (C=O) groups is 1. The molecule has 2 atom stereocenters. The Balaban J connectivity index is 0.00000176. The minimum absolute atomic E-state index is 0. The summed E-state index contributed by atoms with van der Waals surface area (Å²) in [5.74, 6) is 2.22. The summed E-state index contributed by atoms with van der Waals surface area (Å²) in [6.45, 7) is 2.87. The van der Waals surface area contributed by atoms with E-state index in [1.54, 1.807) is 0 Å². The maximum absolute atomic E-state index is 12.1. The van der Waals surface area contributed by atoms with E-state index >= 15 is 0 Å². The molecule has 1 amide bonds. The van der Waals surface area contributed by atoms with E-state index in [0.717, 1.165) is 37.4 Å². The number of ether oxygens (including phenoxy) is 2. The lowest BCUT2D eigenvalue weighted by atomic mass is 10.1. The molecule has 5 nitrogen and oxygen atoms in total. The number of fused-ring (bicyclic) bond motifs is 1. The molecule has 1 aromatic carbocycles. The number of halogens is 1. The Morgan fingerprint density at radius 3 is 2.77 bits per heavy atom. The van der Waals surface area contributed by atoms with Crippen molar-refractivity contribution in [2.24, 2.45) is 5.92 Å². The first kappa shape index (κ1) is 16.9. The van der Waals surface area contributed by atoms with Gasteiger partial charge in [-0.1, -0.05) is 6.07 Å². The van der Waals surface area contributed by atoms with E-state index in [0.29, 0.717) is 19.1 Å². The molecule has 122 valence electrons. The summed E-state index contributed by atoms with van der Waals surface area (Å²) in [6, 6.07) is 6.02. The van der Waals surface area contributed by atoms with Gasteiger partial charge in [-0.05, 0) is 50.0 Å². The van der Waals surface area contributed by atoms with Crippen LogP contribution in [0.3, 0.4) is 0 Å². The quantitative estimate of drug-likeness (QED) is 0.781. The lowest BCUT2D eigenvalue weighted by molar-refractivity contribution is -0.122. The molecular formula is C16H23ClN2O3. The number of rotatable bonds is 6. The van der Waals surface area contributed by atoms with Gasteiger partial charge in [0.15, 0.2) is 11.5 Å². The lowest BCUT2D eigenvalue weighted by Crippen LogP contribution is -2.28. The van der Waals surface area contributed by atoms with Gasteiger partial charge in [-0.15, -0.1) is 12.4 Å². The Morgan fingerprint density at radius 1 is 1.23 bits per heavy atom. The minimum Gasteiger partial charge on any atom is -0.486 e. The third kappa shape index (κ3) is 3.84. The second-order valence-corrected chi connectivity index (χ2v) is 5.60. The standard InChI is InChI=1S/C16H22N2O3.ClH/c1-17-5-2-6-18-16(19)13-10-12(13)11-3-4-14-15(9-11)21-8-7-20-14;/h3-4,9,12-13,17H,2,5-8,10H2,1H3,(H,18,19);1H. The SMILES string of the molecule is CNCCCNC(=O)C1CC1c1ccc2c(c1)OCCO2.Cl. The van der Waals surface area contributed by atoms with Crippen LogP contribution in [0.1, 0.15) is 24.3 Å². The van der Waals surface area contributed by atoms with Crippen molar-refractivity contribution in [3.63, 3.8) is 0 Å². The number of benzene rings is 1. The van der Waals surface area contributed by atoms with Gasteiger partial charge in [0.2, 0.25) is 5.91 Å². The molecule has 2 aliphatic rings. The molecule has 2 unspecified atom stereocenters. The van der Waals surface area contributed by atoms with E-state index in [1.165, 1.54) is 5.56 Å². The van der Waals surface area contributed by atoms with Crippen LogP contribution in [-0.4, -0.2) is 39.3 Å². The van der Waals surface area contributed by atoms with Crippen LogP contribution >= 0.6 is 12.4 Å². The summed E-state index contributed by atoms with van der Waals surface area (Å²) in [5, 5.41) is 6.08. The van der Waals surface area contributed by atoms with Crippen LogP contribution in [0.2, 0.25) is 0 Å². The molecule has 2 N–H and O–H groups in total. The van der Waals surface area contributed by atoms with Crippen LogP contribution in [0.4, 0.5) is 0 Å². The highest BCUT2D eigenvalue weighted by Crippen LogP contribution is 2.49. The average Bonchev–Trinajstić information content (AvgIpc) is 3.31. The number of hydrogen-bond acceptors (Lipinski definition) is 4. The second kappa shape index (κ2) is 7.70. The molecule has 1 fully saturated rings. The highest BCUT2D eigenvalue weighted by Gasteiger charge is 2.44. The topological polar surface area (TPSA) is 59.6 Å². The van der Waals surface area contributed by atoms with Gasteiger partial charge >= 0.3 is 0 Å². The number of carbonyl (C=O) groups excluding carboxylic acids is 1. The van der Waals surface area contributed by atoms with Crippen LogP contribution in [-0.2, 0) is 4.79 Å². The lowest BCUT2D eigenvalue weighted by Gasteiger charge is -2.18. The average molecular weight is 327 g/mol. The highest BCUT2D eigenvalue weighted by molar-refractivity contribution is 5.85. The first-order valence-corrected chi connectivity index (χ1v) is 7.61. The predicted molar refractivity (Wildman–Crippen MR) is 87.1 cm³/mol. The van der Waals surface area contributed by atoms with Gasteiger partial charge in [-0.25, -0.2) is 0 Å². The van der Waals surface area contributed by atoms with Gasteiger partial charge in [-0.3, -0.25) is 4.79 Å². The number of amides is 1. The molecule has 3 rings (SSSR count). The molecule has 22 heavy (non-hydrogen) atoms. The van der Waals surface area contributed by atoms with Crippen molar-refractivity contribution < 1.29 is 14.3 Å². The van der Waals surface area contributed by atoms with E-state index in [2.05, 4.69) is 10.6 Å². The van der Waals surface area contributed by atoms with Crippen LogP contribution in [0.25, 0.3) is 0 Å². The molecule has 1 aromatic rings. The molecule has 1 aliphatic heterocycles. The molecule has 1 heterocycles. The molecule has 0 bridgehead atoms. The first-order valence-electron chi connectivity index (χ1n) is 7.61. The normalized spacial score (nSPS) is 21.7. The Bertz CT molecular complexity index is 524. The maximum Gasteiger partial charge on any atom is 0.223 e. The van der Waals surface area contributed by atoms with Crippen molar-refractivity contribution in [2.45, 2.75) is 18.8 Å². The van der Waals surface area contributed by atoms with E-state index in [9.17, 15) is 4.79 Å². The Hall–Kier alpha value is -1.46. The van der Waals surface area contributed by atoms with Crippen LogP contribution in [0.15, 0.2) is 18.2 Å². The van der Waals surface area contributed by atoms with Crippen LogP contribution < -0.4 is 20.1 Å². The summed E-state index contributed by atoms with van der Waals surface area (Å²) in [5.41, 5.74) is 1.18. The van der Waals surface area contributed by atoms with E-state index in [1.807, 2.05) is 25.2 Å². The molecule has 0 aromatic heterocycles. The Labute approximate surface area is 137 Å². The summed E-state index contributed by atoms with van der Waals surface area (Å²) in [7, 11) is 1.92. The molecule has 0 spiro atoms. The van der Waals surface area contributed by atoms with E-state index in [4.69, 9.17) is 9.47 Å². The summed E-state index contributed by atoms with van der Waals surface area (Å²) in [4.78, 5) is 12.1. The van der Waals surface area contributed by atoms with Crippen molar-refractivity contribution in [1.29, 1.82) is 0 Å². The summed E-state index contributed by atoms with van der Waals surface area (Å²) >= 11 is 0. The summed E-state index contributed by atoms with van der Waals surface area (Å²) < 4.78 is 11.1. The molecule has 6 heteroatoms. The fraction of sp³-hybridized carbons (Fsp3) is 0.562. The van der Waals surface area contributed by atoms with Crippen molar-refractivity contribution in [3.8, 4) is 11.5 Å². The largest absolute Gasteiger partial charge is 0.486 e. The monoisotopic (exact) mass is 326 g/mol. The number of hydrogen-bond donors (Lipinski definition) is 2. The van der Waals surface area contributed by atoms with Gasteiger partial charge in [0.25, 0.3) is 0 Å². The highest BCUT2D eigenvalue weighted by atomic mass is 35.5. The van der Waals surface area contributed by atoms with Crippen molar-refractivity contribution in [3.05, 3.63) is 23.8 Å². The van der Waals surface area contributed by atoms with Gasteiger partial charge < -0.3 is 20.1 Å². The van der Waals surface area contributed by atoms with Crippen LogP contribution in [0.5, 0.6) is 11.5 Å². The van der Waals surface area contributed by atoms with Gasteiger partial charge in [0.05, 0.1) is 0 Å². The molecule has 1 aliphatic carbocycles. The minimum atomic E-state index is 0. The fourth-order valence-electron chi connectivity index (χ4n) is 2.75. The van der Waals surface area contributed by atoms with Crippen LogP contribution in [0, 0.1) is 5.92 Å². The van der Waals surface area contributed by atoms with Crippen molar-refractivity contribution in [2.75, 3.05) is 33.4 Å². The maximum atomic E-state index is 12.1. The summed E-state index contributed by atoms with van der Waals surface area (Å²) in [6.07, 6.45) is 1.89. The molecule has 0 radical (unpaired) electrons. The predicted octanol–water partition coefficient (Wildman–Crippen LogP) is 1.71. The van der Waals surface area contributed by atoms with Crippen molar-refractivity contribution in [1.82, 2.24) is 10.6 Å². The smallest absolute Gasteiger partial charge is 0.223 e. The zero-order chi connectivity index (χ0) is 14.7. The number of nitrogens with one attached hydrogen (secondary N) is 2. The zero-order valence-electron chi connectivity index (χ0n) is 12.8. The third-order valence-corrected chi connectivity index (χ3v) is 4.02. The fourth-order valence-corrected chi connectivity index (χ4v) is 2.75. The van der Waals surface area contributed by atoms with Gasteiger partial charge in [-0.2, -0.15) is 0 Å². The molecule has 0 saturated heterocycles. The van der Waals surface area contributed by atoms with E-state index < -0.39 is 0 Å². The molecular weight excluding hydrogens is 304 g/mol. The molecule has 1 saturated carbocycles. The zero-order valence-corrected chi connectivity index (χ0v) is 13.6. The van der Waals surface area contributed by atoms with Gasteiger partial charge in [0.1, 0.15) is 13.2 Å². The Morgan fingerprint density at radius 2 is 2.00 bits per heavy atom.